The number of furan rings is 1. The van der Waals surface area contributed by atoms with Crippen LogP contribution in [0.4, 0.5) is 5.69 Å². The number of nitrogens with one attached hydrogen (secondary N) is 1. The van der Waals surface area contributed by atoms with Gasteiger partial charge in [0.05, 0.1) is 17.6 Å². The number of anilines is 1. The molecule has 1 aromatic carbocycles. The number of benzene rings is 1. The molecule has 6 nitrogen and oxygen atoms in total. The van der Waals surface area contributed by atoms with Crippen molar-refractivity contribution in [1.29, 1.82) is 0 Å². The van der Waals surface area contributed by atoms with Crippen LogP contribution in [0.15, 0.2) is 57.2 Å². The Kier molecular flexibility index (Phi) is 6.18. The van der Waals surface area contributed by atoms with Gasteiger partial charge in [-0.05, 0) is 43.7 Å². The highest BCUT2D eigenvalue weighted by molar-refractivity contribution is 9.10. The molecule has 0 saturated carbocycles. The van der Waals surface area contributed by atoms with Gasteiger partial charge in [0.2, 0.25) is 5.91 Å². The smallest absolute Gasteiger partial charge is 0.234 e. The van der Waals surface area contributed by atoms with Crippen LogP contribution in [0.2, 0.25) is 0 Å². The van der Waals surface area contributed by atoms with Gasteiger partial charge >= 0.3 is 0 Å². The molecule has 0 bridgehead atoms. The van der Waals surface area contributed by atoms with Crippen molar-refractivity contribution in [3.63, 3.8) is 0 Å². The number of aromatic nitrogens is 3. The van der Waals surface area contributed by atoms with Gasteiger partial charge in [0.1, 0.15) is 5.76 Å². The SMILES string of the molecule is C=CCn1c(SCC(=O)Nc2ccc(Br)cc2C)nnc1-c1ccoc1C. The normalized spacial score (nSPS) is 10.8. The number of allylic oxidation sites excluding steroid dienone is 1. The predicted octanol–water partition coefficient (Wildman–Crippen LogP) is 4.83. The Morgan fingerprint density at radius 1 is 1.37 bits per heavy atom. The molecule has 27 heavy (non-hydrogen) atoms. The van der Waals surface area contributed by atoms with Gasteiger partial charge in [-0.1, -0.05) is 33.8 Å². The molecular formula is C19H19BrN4O2S. The Bertz CT molecular complexity index is 980. The standard InChI is InChI=1S/C19H19BrN4O2S/c1-4-8-24-18(15-7-9-26-13(15)3)22-23-19(24)27-11-17(25)21-16-6-5-14(20)10-12(16)2/h4-7,9-10H,1,8,11H2,2-3H3,(H,21,25). The van der Waals surface area contributed by atoms with Crippen LogP contribution in [-0.2, 0) is 11.3 Å². The monoisotopic (exact) mass is 446 g/mol. The predicted molar refractivity (Wildman–Crippen MR) is 111 cm³/mol. The minimum atomic E-state index is -0.0976. The van der Waals surface area contributed by atoms with Crippen molar-refractivity contribution in [2.24, 2.45) is 0 Å². The fraction of sp³-hybridized carbons (Fsp3) is 0.211. The maximum atomic E-state index is 12.3. The number of hydrogen-bond acceptors (Lipinski definition) is 5. The Labute approximate surface area is 170 Å². The first-order valence-corrected chi connectivity index (χ1v) is 10.0. The van der Waals surface area contributed by atoms with Crippen LogP contribution < -0.4 is 5.32 Å². The lowest BCUT2D eigenvalue weighted by Crippen LogP contribution is -2.15. The molecule has 0 fully saturated rings. The van der Waals surface area contributed by atoms with Gasteiger partial charge in [-0.2, -0.15) is 0 Å². The molecule has 140 valence electrons. The maximum Gasteiger partial charge on any atom is 0.234 e. The van der Waals surface area contributed by atoms with E-state index in [2.05, 4.69) is 38.0 Å². The van der Waals surface area contributed by atoms with Crippen molar-refractivity contribution in [2.45, 2.75) is 25.5 Å². The number of amides is 1. The average Bonchev–Trinajstić information content (AvgIpc) is 3.22. The van der Waals surface area contributed by atoms with E-state index in [-0.39, 0.29) is 11.7 Å². The van der Waals surface area contributed by atoms with Crippen LogP contribution in [0.25, 0.3) is 11.4 Å². The van der Waals surface area contributed by atoms with Gasteiger partial charge in [0, 0.05) is 16.7 Å². The first-order valence-electron chi connectivity index (χ1n) is 8.27. The quantitative estimate of drug-likeness (QED) is 0.415. The first kappa shape index (κ1) is 19.4. The lowest BCUT2D eigenvalue weighted by atomic mass is 10.2. The van der Waals surface area contributed by atoms with E-state index in [9.17, 15) is 4.79 Å². The number of carbonyl (C=O) groups excluding carboxylic acids is 1. The summed E-state index contributed by atoms with van der Waals surface area (Å²) in [7, 11) is 0. The Hall–Kier alpha value is -2.32. The molecule has 2 heterocycles. The molecule has 2 aromatic heterocycles. The van der Waals surface area contributed by atoms with E-state index in [4.69, 9.17) is 4.42 Å². The summed E-state index contributed by atoms with van der Waals surface area (Å²) in [5.41, 5.74) is 2.67. The lowest BCUT2D eigenvalue weighted by molar-refractivity contribution is -0.113. The van der Waals surface area contributed by atoms with Crippen molar-refractivity contribution in [3.05, 3.63) is 59.0 Å². The van der Waals surface area contributed by atoms with Crippen molar-refractivity contribution >= 4 is 39.3 Å². The molecular weight excluding hydrogens is 428 g/mol. The van der Waals surface area contributed by atoms with Gasteiger partial charge in [0.15, 0.2) is 11.0 Å². The summed E-state index contributed by atoms with van der Waals surface area (Å²) in [6.07, 6.45) is 3.40. The second-order valence-electron chi connectivity index (χ2n) is 5.89. The van der Waals surface area contributed by atoms with Crippen molar-refractivity contribution < 1.29 is 9.21 Å². The lowest BCUT2D eigenvalue weighted by Gasteiger charge is -2.09. The molecule has 0 saturated heterocycles. The zero-order chi connectivity index (χ0) is 19.4. The first-order chi connectivity index (χ1) is 13.0. The van der Waals surface area contributed by atoms with E-state index in [1.807, 2.05) is 42.7 Å². The molecule has 0 aliphatic carbocycles. The number of rotatable bonds is 7. The van der Waals surface area contributed by atoms with Crippen LogP contribution in [0, 0.1) is 13.8 Å². The fourth-order valence-corrected chi connectivity index (χ4v) is 3.81. The number of halogens is 1. The third kappa shape index (κ3) is 4.51. The van der Waals surface area contributed by atoms with Crippen LogP contribution in [0.3, 0.4) is 0 Å². The summed E-state index contributed by atoms with van der Waals surface area (Å²) < 4.78 is 8.27. The largest absolute Gasteiger partial charge is 0.469 e. The highest BCUT2D eigenvalue weighted by Gasteiger charge is 2.17. The van der Waals surface area contributed by atoms with E-state index in [0.717, 1.165) is 27.0 Å². The topological polar surface area (TPSA) is 73.0 Å². The number of nitrogens with zero attached hydrogens (tertiary/aromatic N) is 3. The third-order valence-electron chi connectivity index (χ3n) is 3.92. The number of carbonyl (C=O) groups is 1. The highest BCUT2D eigenvalue weighted by Crippen LogP contribution is 2.27. The van der Waals surface area contributed by atoms with E-state index in [1.165, 1.54) is 11.8 Å². The molecule has 0 atom stereocenters. The molecule has 1 N–H and O–H groups in total. The molecule has 8 heteroatoms. The Morgan fingerprint density at radius 3 is 2.85 bits per heavy atom. The molecule has 3 rings (SSSR count). The van der Waals surface area contributed by atoms with E-state index in [1.54, 1.807) is 12.3 Å². The van der Waals surface area contributed by atoms with Crippen molar-refractivity contribution in [2.75, 3.05) is 11.1 Å². The van der Waals surface area contributed by atoms with Crippen LogP contribution >= 0.6 is 27.7 Å². The summed E-state index contributed by atoms with van der Waals surface area (Å²) in [5, 5.41) is 12.1. The second kappa shape index (κ2) is 8.58. The molecule has 1 amide bonds. The summed E-state index contributed by atoms with van der Waals surface area (Å²) in [6, 6.07) is 7.59. The van der Waals surface area contributed by atoms with E-state index < -0.39 is 0 Å². The molecule has 0 aliphatic rings. The summed E-state index contributed by atoms with van der Waals surface area (Å²) in [6.45, 7) is 8.17. The summed E-state index contributed by atoms with van der Waals surface area (Å²) in [4.78, 5) is 12.3. The van der Waals surface area contributed by atoms with Gasteiger partial charge in [-0.25, -0.2) is 0 Å². The number of hydrogen-bond donors (Lipinski definition) is 1. The van der Waals surface area contributed by atoms with E-state index in [0.29, 0.717) is 17.5 Å². The van der Waals surface area contributed by atoms with Crippen LogP contribution in [-0.4, -0.2) is 26.4 Å². The molecule has 0 unspecified atom stereocenters. The van der Waals surface area contributed by atoms with Gasteiger partial charge in [-0.15, -0.1) is 16.8 Å². The summed E-state index contributed by atoms with van der Waals surface area (Å²) >= 11 is 4.76. The molecule has 0 spiro atoms. The van der Waals surface area contributed by atoms with Crippen molar-refractivity contribution in [3.8, 4) is 11.4 Å². The third-order valence-corrected chi connectivity index (χ3v) is 5.38. The minimum Gasteiger partial charge on any atom is -0.469 e. The zero-order valence-electron chi connectivity index (χ0n) is 15.0. The number of aryl methyl sites for hydroxylation is 2. The van der Waals surface area contributed by atoms with Crippen LogP contribution in [0.5, 0.6) is 0 Å². The van der Waals surface area contributed by atoms with E-state index >= 15 is 0 Å². The molecule has 0 aliphatic heterocycles. The Balaban J connectivity index is 1.72. The maximum absolute atomic E-state index is 12.3. The Morgan fingerprint density at radius 2 is 2.19 bits per heavy atom. The second-order valence-corrected chi connectivity index (χ2v) is 7.75. The van der Waals surface area contributed by atoms with Gasteiger partial charge < -0.3 is 9.73 Å². The van der Waals surface area contributed by atoms with Crippen molar-refractivity contribution in [1.82, 2.24) is 14.8 Å². The molecule has 0 radical (unpaired) electrons. The molecule has 3 aromatic rings. The van der Waals surface area contributed by atoms with Crippen LogP contribution in [0.1, 0.15) is 11.3 Å². The average molecular weight is 447 g/mol. The minimum absolute atomic E-state index is 0.0976. The fourth-order valence-electron chi connectivity index (χ4n) is 2.59. The summed E-state index contributed by atoms with van der Waals surface area (Å²) in [5.74, 6) is 1.61. The zero-order valence-corrected chi connectivity index (χ0v) is 17.4. The van der Waals surface area contributed by atoms with Gasteiger partial charge in [-0.3, -0.25) is 9.36 Å². The highest BCUT2D eigenvalue weighted by atomic mass is 79.9. The number of thioether (sulfide) groups is 1. The van der Waals surface area contributed by atoms with Gasteiger partial charge in [0.25, 0.3) is 0 Å².